The van der Waals surface area contributed by atoms with Gasteiger partial charge < -0.3 is 10.1 Å². The monoisotopic (exact) mass is 321 g/mol. The third-order valence-electron chi connectivity index (χ3n) is 4.04. The lowest BCUT2D eigenvalue weighted by molar-refractivity contribution is -0.122. The summed E-state index contributed by atoms with van der Waals surface area (Å²) in [6.07, 6.45) is 3.47. The highest BCUT2D eigenvalue weighted by atomic mass is 35.5. The van der Waals surface area contributed by atoms with Crippen molar-refractivity contribution in [1.82, 2.24) is 16.2 Å². The Morgan fingerprint density at radius 1 is 1.41 bits per heavy atom. The Labute approximate surface area is 135 Å². The van der Waals surface area contributed by atoms with Crippen LogP contribution in [-0.2, 0) is 9.53 Å². The smallest absolute Gasteiger partial charge is 0.287 e. The quantitative estimate of drug-likeness (QED) is 0.797. The second kappa shape index (κ2) is 6.69. The fourth-order valence-corrected chi connectivity index (χ4v) is 3.14. The van der Waals surface area contributed by atoms with Crippen molar-refractivity contribution in [2.75, 3.05) is 6.61 Å². The lowest BCUT2D eigenvalue weighted by atomic mass is 9.91. The average molecular weight is 322 g/mol. The van der Waals surface area contributed by atoms with Gasteiger partial charge in [0.25, 0.3) is 5.91 Å². The number of hydrogen-bond donors (Lipinski definition) is 3. The number of amides is 1. The predicted molar refractivity (Wildman–Crippen MR) is 85.1 cm³/mol. The molecule has 0 saturated carbocycles. The Bertz CT molecular complexity index is 591. The van der Waals surface area contributed by atoms with Crippen LogP contribution in [0.5, 0.6) is 0 Å². The minimum atomic E-state index is -0.215. The Kier molecular flexibility index (Phi) is 4.66. The number of carbonyl (C=O) groups is 1. The average Bonchev–Trinajstić information content (AvgIpc) is 2.89. The standard InChI is InChI=1S/C16H20ClN3O2/c1-10-14(11-5-4-6-12(17)9-11)15(20-19-10)18-16(21)13-7-2-3-8-22-13/h4-7,9-10,14-15,19-20H,2-3,8H2,1H3,(H,18,21). The van der Waals surface area contributed by atoms with Gasteiger partial charge in [0.2, 0.25) is 0 Å². The van der Waals surface area contributed by atoms with Gasteiger partial charge in [0, 0.05) is 17.0 Å². The maximum atomic E-state index is 12.3. The zero-order valence-corrected chi connectivity index (χ0v) is 13.2. The normalized spacial score (nSPS) is 27.9. The second-order valence-corrected chi connectivity index (χ2v) is 6.10. The highest BCUT2D eigenvalue weighted by molar-refractivity contribution is 6.30. The van der Waals surface area contributed by atoms with Crippen molar-refractivity contribution in [1.29, 1.82) is 0 Å². The van der Waals surface area contributed by atoms with Gasteiger partial charge in [-0.1, -0.05) is 23.7 Å². The van der Waals surface area contributed by atoms with E-state index in [1.165, 1.54) is 0 Å². The van der Waals surface area contributed by atoms with Crippen LogP contribution in [0.15, 0.2) is 36.1 Å². The molecule has 22 heavy (non-hydrogen) atoms. The molecule has 3 N–H and O–H groups in total. The number of carbonyl (C=O) groups excluding carboxylic acids is 1. The molecule has 0 aliphatic carbocycles. The summed E-state index contributed by atoms with van der Waals surface area (Å²) in [6, 6.07) is 7.91. The van der Waals surface area contributed by atoms with Crippen LogP contribution in [0.25, 0.3) is 0 Å². The van der Waals surface area contributed by atoms with Gasteiger partial charge in [0.05, 0.1) is 6.61 Å². The predicted octanol–water partition coefficient (Wildman–Crippen LogP) is 2.06. The number of hydrogen-bond acceptors (Lipinski definition) is 4. The van der Waals surface area contributed by atoms with Crippen LogP contribution in [-0.4, -0.2) is 24.7 Å². The van der Waals surface area contributed by atoms with Gasteiger partial charge in [-0.15, -0.1) is 0 Å². The summed E-state index contributed by atoms with van der Waals surface area (Å²) in [5.74, 6) is 0.324. The fraction of sp³-hybridized carbons (Fsp3) is 0.438. The molecule has 118 valence electrons. The van der Waals surface area contributed by atoms with Crippen molar-refractivity contribution in [2.24, 2.45) is 0 Å². The van der Waals surface area contributed by atoms with E-state index < -0.39 is 0 Å². The minimum Gasteiger partial charge on any atom is -0.488 e. The van der Waals surface area contributed by atoms with E-state index in [-0.39, 0.29) is 24.0 Å². The van der Waals surface area contributed by atoms with Gasteiger partial charge in [0.15, 0.2) is 5.76 Å². The number of nitrogens with one attached hydrogen (secondary N) is 3. The van der Waals surface area contributed by atoms with Crippen LogP contribution in [0, 0.1) is 0 Å². The van der Waals surface area contributed by atoms with Crippen LogP contribution in [0.2, 0.25) is 5.02 Å². The summed E-state index contributed by atoms with van der Waals surface area (Å²) in [7, 11) is 0. The van der Waals surface area contributed by atoms with E-state index in [9.17, 15) is 4.79 Å². The first kappa shape index (κ1) is 15.3. The van der Waals surface area contributed by atoms with Crippen molar-refractivity contribution in [2.45, 2.75) is 37.9 Å². The summed E-state index contributed by atoms with van der Waals surface area (Å²) in [5, 5.41) is 3.69. The number of rotatable bonds is 3. The van der Waals surface area contributed by atoms with Crippen LogP contribution in [0.3, 0.4) is 0 Å². The molecule has 1 aromatic rings. The third kappa shape index (κ3) is 3.27. The summed E-state index contributed by atoms with van der Waals surface area (Å²) in [5.41, 5.74) is 7.40. The molecular formula is C16H20ClN3O2. The molecule has 0 bridgehead atoms. The highest BCUT2D eigenvalue weighted by Crippen LogP contribution is 2.28. The van der Waals surface area contributed by atoms with E-state index in [1.54, 1.807) is 0 Å². The first-order valence-corrected chi connectivity index (χ1v) is 7.93. The topological polar surface area (TPSA) is 62.4 Å². The molecule has 3 atom stereocenters. The van der Waals surface area contributed by atoms with Crippen molar-refractivity contribution in [3.63, 3.8) is 0 Å². The van der Waals surface area contributed by atoms with E-state index >= 15 is 0 Å². The minimum absolute atomic E-state index is 0.0897. The molecule has 1 saturated heterocycles. The van der Waals surface area contributed by atoms with Gasteiger partial charge in [-0.25, -0.2) is 5.43 Å². The summed E-state index contributed by atoms with van der Waals surface area (Å²) >= 11 is 6.09. The van der Waals surface area contributed by atoms with Crippen molar-refractivity contribution >= 4 is 17.5 Å². The molecule has 0 spiro atoms. The van der Waals surface area contributed by atoms with Gasteiger partial charge in [-0.2, -0.15) is 0 Å². The molecule has 2 aliphatic rings. The highest BCUT2D eigenvalue weighted by Gasteiger charge is 2.36. The zero-order chi connectivity index (χ0) is 15.5. The van der Waals surface area contributed by atoms with Crippen molar-refractivity contribution < 1.29 is 9.53 Å². The number of halogens is 1. The Balaban J connectivity index is 1.74. The van der Waals surface area contributed by atoms with Crippen LogP contribution in [0.1, 0.15) is 31.2 Å². The first-order chi connectivity index (χ1) is 10.6. The van der Waals surface area contributed by atoms with Gasteiger partial charge in [0.1, 0.15) is 6.17 Å². The van der Waals surface area contributed by atoms with Crippen molar-refractivity contribution in [3.8, 4) is 0 Å². The fourth-order valence-electron chi connectivity index (χ4n) is 2.94. The number of allylic oxidation sites excluding steroid dienone is 1. The Morgan fingerprint density at radius 3 is 3.00 bits per heavy atom. The summed E-state index contributed by atoms with van der Waals surface area (Å²) in [4.78, 5) is 12.3. The molecule has 3 unspecified atom stereocenters. The van der Waals surface area contributed by atoms with Gasteiger partial charge in [-0.05, 0) is 43.5 Å². The van der Waals surface area contributed by atoms with Crippen molar-refractivity contribution in [3.05, 3.63) is 46.7 Å². The van der Waals surface area contributed by atoms with E-state index in [4.69, 9.17) is 16.3 Å². The Hall–Kier alpha value is -1.56. The van der Waals surface area contributed by atoms with E-state index in [2.05, 4.69) is 23.1 Å². The molecule has 1 aromatic carbocycles. The number of ether oxygens (including phenoxy) is 1. The van der Waals surface area contributed by atoms with Gasteiger partial charge in [-0.3, -0.25) is 10.2 Å². The zero-order valence-electron chi connectivity index (χ0n) is 12.4. The van der Waals surface area contributed by atoms with E-state index in [0.29, 0.717) is 17.4 Å². The maximum absolute atomic E-state index is 12.3. The second-order valence-electron chi connectivity index (χ2n) is 5.67. The van der Waals surface area contributed by atoms with Crippen LogP contribution in [0.4, 0.5) is 0 Å². The molecular weight excluding hydrogens is 302 g/mol. The summed E-state index contributed by atoms with van der Waals surface area (Å²) < 4.78 is 5.42. The largest absolute Gasteiger partial charge is 0.488 e. The number of benzene rings is 1. The maximum Gasteiger partial charge on any atom is 0.287 e. The molecule has 1 amide bonds. The molecule has 0 aromatic heterocycles. The lowest BCUT2D eigenvalue weighted by Crippen LogP contribution is -2.47. The molecule has 2 aliphatic heterocycles. The van der Waals surface area contributed by atoms with Gasteiger partial charge >= 0.3 is 0 Å². The molecule has 0 radical (unpaired) electrons. The van der Waals surface area contributed by atoms with Crippen LogP contribution < -0.4 is 16.2 Å². The number of hydrazine groups is 1. The lowest BCUT2D eigenvalue weighted by Gasteiger charge is -2.24. The molecule has 5 nitrogen and oxygen atoms in total. The van der Waals surface area contributed by atoms with E-state index in [0.717, 1.165) is 18.4 Å². The molecule has 2 heterocycles. The Morgan fingerprint density at radius 2 is 2.27 bits per heavy atom. The van der Waals surface area contributed by atoms with Crippen LogP contribution >= 0.6 is 11.6 Å². The third-order valence-corrected chi connectivity index (χ3v) is 4.28. The summed E-state index contributed by atoms with van der Waals surface area (Å²) in [6.45, 7) is 2.67. The molecule has 6 heteroatoms. The molecule has 3 rings (SSSR count). The van der Waals surface area contributed by atoms with E-state index in [1.807, 2.05) is 30.3 Å². The SMILES string of the molecule is CC1NNC(NC(=O)C2=CCCCO2)C1c1cccc(Cl)c1. The molecule has 1 fully saturated rings. The first-order valence-electron chi connectivity index (χ1n) is 7.55.